The van der Waals surface area contributed by atoms with E-state index < -0.39 is 0 Å². The molecule has 0 spiro atoms. The molecule has 0 aromatic heterocycles. The third-order valence-electron chi connectivity index (χ3n) is 3.02. The van der Waals surface area contributed by atoms with Gasteiger partial charge >= 0.3 is 0 Å². The van der Waals surface area contributed by atoms with Crippen LogP contribution in [0.2, 0.25) is 5.02 Å². The number of aryl methyl sites for hydroxylation is 2. The summed E-state index contributed by atoms with van der Waals surface area (Å²) < 4.78 is 0. The van der Waals surface area contributed by atoms with Crippen molar-refractivity contribution in [2.45, 2.75) is 20.4 Å². The Bertz CT molecular complexity index is 547. The van der Waals surface area contributed by atoms with Crippen molar-refractivity contribution in [3.05, 3.63) is 58.1 Å². The van der Waals surface area contributed by atoms with Gasteiger partial charge in [0, 0.05) is 11.6 Å². The second kappa shape index (κ2) is 4.91. The van der Waals surface area contributed by atoms with Crippen LogP contribution in [0.5, 0.6) is 0 Å². The molecule has 0 aliphatic heterocycles. The van der Waals surface area contributed by atoms with Gasteiger partial charge in [0.2, 0.25) is 0 Å². The summed E-state index contributed by atoms with van der Waals surface area (Å²) >= 11 is 6.17. The van der Waals surface area contributed by atoms with Crippen LogP contribution in [0.4, 0.5) is 0 Å². The molecule has 0 aliphatic carbocycles. The molecule has 0 unspecified atom stereocenters. The van der Waals surface area contributed by atoms with E-state index in [9.17, 15) is 0 Å². The lowest BCUT2D eigenvalue weighted by atomic mass is 9.97. The summed E-state index contributed by atoms with van der Waals surface area (Å²) in [5.41, 5.74) is 11.5. The van der Waals surface area contributed by atoms with Gasteiger partial charge in [-0.05, 0) is 53.8 Å². The van der Waals surface area contributed by atoms with E-state index in [0.717, 1.165) is 21.7 Å². The van der Waals surface area contributed by atoms with Gasteiger partial charge in [-0.3, -0.25) is 0 Å². The number of benzene rings is 2. The van der Waals surface area contributed by atoms with Gasteiger partial charge in [-0.2, -0.15) is 0 Å². The molecule has 0 bridgehead atoms. The van der Waals surface area contributed by atoms with E-state index in [1.54, 1.807) is 0 Å². The van der Waals surface area contributed by atoms with E-state index in [0.29, 0.717) is 6.54 Å². The van der Waals surface area contributed by atoms with Crippen LogP contribution in [0.1, 0.15) is 16.7 Å². The lowest BCUT2D eigenvalue weighted by Gasteiger charge is -2.09. The maximum absolute atomic E-state index is 6.17. The highest BCUT2D eigenvalue weighted by molar-refractivity contribution is 6.31. The van der Waals surface area contributed by atoms with Gasteiger partial charge in [-0.1, -0.05) is 35.9 Å². The quantitative estimate of drug-likeness (QED) is 0.848. The zero-order valence-corrected chi connectivity index (χ0v) is 10.9. The van der Waals surface area contributed by atoms with Crippen molar-refractivity contribution in [3.8, 4) is 11.1 Å². The van der Waals surface area contributed by atoms with Crippen molar-refractivity contribution in [1.82, 2.24) is 0 Å². The summed E-state index contributed by atoms with van der Waals surface area (Å²) in [6.07, 6.45) is 0. The fraction of sp³-hybridized carbons (Fsp3) is 0.200. The SMILES string of the molecule is Cc1ccc(-c2cc(CN)ccc2C)cc1Cl. The molecule has 0 heterocycles. The summed E-state index contributed by atoms with van der Waals surface area (Å²) in [4.78, 5) is 0. The average Bonchev–Trinajstić information content (AvgIpc) is 2.33. The van der Waals surface area contributed by atoms with Gasteiger partial charge in [0.15, 0.2) is 0 Å². The molecule has 0 radical (unpaired) electrons. The molecule has 2 rings (SSSR count). The van der Waals surface area contributed by atoms with Gasteiger partial charge in [-0.15, -0.1) is 0 Å². The lowest BCUT2D eigenvalue weighted by Crippen LogP contribution is -1.97. The topological polar surface area (TPSA) is 26.0 Å². The second-order valence-electron chi connectivity index (χ2n) is 4.32. The van der Waals surface area contributed by atoms with Crippen LogP contribution in [-0.4, -0.2) is 0 Å². The van der Waals surface area contributed by atoms with E-state index in [1.807, 2.05) is 19.1 Å². The first-order chi connectivity index (χ1) is 8.11. The molecule has 2 aromatic rings. The number of halogens is 1. The minimum atomic E-state index is 0.562. The second-order valence-corrected chi connectivity index (χ2v) is 4.72. The molecule has 0 fully saturated rings. The van der Waals surface area contributed by atoms with Crippen molar-refractivity contribution in [1.29, 1.82) is 0 Å². The van der Waals surface area contributed by atoms with E-state index in [4.69, 9.17) is 17.3 Å². The molecule has 2 N–H and O–H groups in total. The molecule has 1 nitrogen and oxygen atoms in total. The van der Waals surface area contributed by atoms with Gasteiger partial charge in [0.25, 0.3) is 0 Å². The highest BCUT2D eigenvalue weighted by atomic mass is 35.5. The monoisotopic (exact) mass is 245 g/mol. The van der Waals surface area contributed by atoms with E-state index in [1.165, 1.54) is 11.1 Å². The lowest BCUT2D eigenvalue weighted by molar-refractivity contribution is 1.07. The fourth-order valence-corrected chi connectivity index (χ4v) is 2.05. The van der Waals surface area contributed by atoms with Gasteiger partial charge < -0.3 is 5.73 Å². The molecule has 0 saturated heterocycles. The molecule has 0 atom stereocenters. The maximum atomic E-state index is 6.17. The summed E-state index contributed by atoms with van der Waals surface area (Å²) in [5, 5.41) is 0.806. The first-order valence-electron chi connectivity index (χ1n) is 5.68. The first kappa shape index (κ1) is 12.2. The molecule has 88 valence electrons. The minimum Gasteiger partial charge on any atom is -0.326 e. The summed E-state index contributed by atoms with van der Waals surface area (Å²) in [5.74, 6) is 0. The van der Waals surface area contributed by atoms with Crippen molar-refractivity contribution in [2.24, 2.45) is 5.73 Å². The molecule has 0 saturated carbocycles. The van der Waals surface area contributed by atoms with Crippen molar-refractivity contribution < 1.29 is 0 Å². The largest absolute Gasteiger partial charge is 0.326 e. The Kier molecular flexibility index (Phi) is 3.51. The molecule has 0 amide bonds. The Hall–Kier alpha value is -1.31. The van der Waals surface area contributed by atoms with Crippen molar-refractivity contribution in [2.75, 3.05) is 0 Å². The number of hydrogen-bond acceptors (Lipinski definition) is 1. The third kappa shape index (κ3) is 2.51. The van der Waals surface area contributed by atoms with Crippen LogP contribution in [-0.2, 0) is 6.54 Å². The van der Waals surface area contributed by atoms with Crippen LogP contribution in [0.15, 0.2) is 36.4 Å². The highest BCUT2D eigenvalue weighted by Gasteiger charge is 2.05. The van der Waals surface area contributed by atoms with Crippen LogP contribution in [0.3, 0.4) is 0 Å². The van der Waals surface area contributed by atoms with Crippen LogP contribution >= 0.6 is 11.6 Å². The number of rotatable bonds is 2. The predicted octanol–water partition coefficient (Wildman–Crippen LogP) is 4.08. The minimum absolute atomic E-state index is 0.562. The molecule has 0 aliphatic rings. The Morgan fingerprint density at radius 1 is 1.00 bits per heavy atom. The van der Waals surface area contributed by atoms with Gasteiger partial charge in [-0.25, -0.2) is 0 Å². The maximum Gasteiger partial charge on any atom is 0.0441 e. The Morgan fingerprint density at radius 2 is 1.71 bits per heavy atom. The third-order valence-corrected chi connectivity index (χ3v) is 3.43. The zero-order chi connectivity index (χ0) is 12.4. The Labute approximate surface area is 107 Å². The van der Waals surface area contributed by atoms with E-state index >= 15 is 0 Å². The molecular weight excluding hydrogens is 230 g/mol. The van der Waals surface area contributed by atoms with Crippen molar-refractivity contribution in [3.63, 3.8) is 0 Å². The summed E-state index contributed by atoms with van der Waals surface area (Å²) in [6.45, 7) is 4.67. The summed E-state index contributed by atoms with van der Waals surface area (Å²) in [6, 6.07) is 12.5. The van der Waals surface area contributed by atoms with Crippen LogP contribution in [0.25, 0.3) is 11.1 Å². The van der Waals surface area contributed by atoms with Gasteiger partial charge in [0.05, 0.1) is 0 Å². The van der Waals surface area contributed by atoms with Crippen LogP contribution < -0.4 is 5.73 Å². The van der Waals surface area contributed by atoms with Crippen LogP contribution in [0, 0.1) is 13.8 Å². The smallest absolute Gasteiger partial charge is 0.0441 e. The van der Waals surface area contributed by atoms with Crippen molar-refractivity contribution >= 4 is 11.6 Å². The first-order valence-corrected chi connectivity index (χ1v) is 6.05. The molecular formula is C15H16ClN. The predicted molar refractivity (Wildman–Crippen MR) is 74.3 cm³/mol. The standard InChI is InChI=1S/C15H16ClN/c1-10-3-5-12(9-17)7-14(10)13-6-4-11(2)15(16)8-13/h3-8H,9,17H2,1-2H3. The van der Waals surface area contributed by atoms with E-state index in [2.05, 4.69) is 31.2 Å². The number of nitrogens with two attached hydrogens (primary N) is 1. The van der Waals surface area contributed by atoms with Gasteiger partial charge in [0.1, 0.15) is 0 Å². The summed E-state index contributed by atoms with van der Waals surface area (Å²) in [7, 11) is 0. The fourth-order valence-electron chi connectivity index (χ4n) is 1.87. The molecule has 17 heavy (non-hydrogen) atoms. The number of hydrogen-bond donors (Lipinski definition) is 1. The zero-order valence-electron chi connectivity index (χ0n) is 10.1. The molecule has 2 heteroatoms. The van der Waals surface area contributed by atoms with E-state index in [-0.39, 0.29) is 0 Å². The normalized spacial score (nSPS) is 10.6. The Morgan fingerprint density at radius 3 is 2.35 bits per heavy atom. The average molecular weight is 246 g/mol. The molecule has 2 aromatic carbocycles. The highest BCUT2D eigenvalue weighted by Crippen LogP contribution is 2.28. The Balaban J connectivity index is 2.55.